The molecule has 4 heteroatoms. The third-order valence-corrected chi connectivity index (χ3v) is 4.25. The van der Waals surface area contributed by atoms with Crippen LogP contribution in [0.5, 0.6) is 0 Å². The van der Waals surface area contributed by atoms with Crippen molar-refractivity contribution < 1.29 is 0 Å². The molecule has 0 unspecified atom stereocenters. The van der Waals surface area contributed by atoms with Crippen molar-refractivity contribution in [2.75, 3.05) is 26.2 Å². The number of nitrogens with one attached hydrogen (secondary N) is 1. The highest BCUT2D eigenvalue weighted by Crippen LogP contribution is 2.15. The first-order chi connectivity index (χ1) is 7.81. The molecule has 0 saturated carbocycles. The summed E-state index contributed by atoms with van der Waals surface area (Å²) in [5.41, 5.74) is 3.17. The van der Waals surface area contributed by atoms with Crippen LogP contribution in [-0.2, 0) is 6.42 Å². The summed E-state index contributed by atoms with van der Waals surface area (Å²) in [6.07, 6.45) is 2.41. The highest BCUT2D eigenvalue weighted by atomic mass is 32.1. The Morgan fingerprint density at radius 1 is 1.50 bits per heavy atom. The van der Waals surface area contributed by atoms with E-state index in [0.717, 1.165) is 12.5 Å². The maximum atomic E-state index is 4.31. The van der Waals surface area contributed by atoms with Crippen molar-refractivity contribution in [1.29, 1.82) is 0 Å². The monoisotopic (exact) mass is 239 g/mol. The van der Waals surface area contributed by atoms with E-state index in [1.165, 1.54) is 43.2 Å². The fourth-order valence-electron chi connectivity index (χ4n) is 2.11. The third-order valence-electron chi connectivity index (χ3n) is 3.26. The molecule has 0 spiro atoms. The van der Waals surface area contributed by atoms with Crippen molar-refractivity contribution in [1.82, 2.24) is 15.2 Å². The molecule has 1 N–H and O–H groups in total. The van der Waals surface area contributed by atoms with Gasteiger partial charge in [-0.05, 0) is 26.3 Å². The molecule has 2 heterocycles. The molecule has 1 aromatic heterocycles. The smallest absolute Gasteiger partial charge is 0.0797 e. The van der Waals surface area contributed by atoms with Gasteiger partial charge in [-0.15, -0.1) is 11.3 Å². The second kappa shape index (κ2) is 5.75. The Hall–Kier alpha value is -0.450. The SMILES string of the molecule is CCCN(CCc1scnc1C)C1CNC1. The number of aryl methyl sites for hydroxylation is 1. The van der Waals surface area contributed by atoms with Gasteiger partial charge in [0, 0.05) is 30.6 Å². The quantitative estimate of drug-likeness (QED) is 0.818. The molecule has 0 radical (unpaired) electrons. The first-order valence-corrected chi connectivity index (χ1v) is 7.03. The molecule has 1 saturated heterocycles. The highest BCUT2D eigenvalue weighted by Gasteiger charge is 2.23. The molecule has 3 nitrogen and oxygen atoms in total. The molecule has 0 aromatic carbocycles. The van der Waals surface area contributed by atoms with Crippen LogP contribution in [-0.4, -0.2) is 42.1 Å². The van der Waals surface area contributed by atoms with Crippen LogP contribution in [0.15, 0.2) is 5.51 Å². The van der Waals surface area contributed by atoms with Gasteiger partial charge in [-0.25, -0.2) is 4.98 Å². The predicted octanol–water partition coefficient (Wildman–Crippen LogP) is 1.68. The molecule has 0 amide bonds. The van der Waals surface area contributed by atoms with Crippen LogP contribution in [0.1, 0.15) is 23.9 Å². The second-order valence-electron chi connectivity index (χ2n) is 4.46. The molecular weight excluding hydrogens is 218 g/mol. The Morgan fingerprint density at radius 2 is 2.31 bits per heavy atom. The van der Waals surface area contributed by atoms with Crippen molar-refractivity contribution in [3.05, 3.63) is 16.1 Å². The van der Waals surface area contributed by atoms with E-state index < -0.39 is 0 Å². The van der Waals surface area contributed by atoms with E-state index in [1.807, 2.05) is 5.51 Å². The number of nitrogens with zero attached hydrogens (tertiary/aromatic N) is 2. The van der Waals surface area contributed by atoms with Gasteiger partial charge in [-0.3, -0.25) is 4.90 Å². The first kappa shape index (κ1) is 12.0. The van der Waals surface area contributed by atoms with Gasteiger partial charge in [0.15, 0.2) is 0 Å². The molecule has 0 atom stereocenters. The minimum atomic E-state index is 0.771. The molecule has 1 fully saturated rings. The van der Waals surface area contributed by atoms with Crippen molar-refractivity contribution in [2.45, 2.75) is 32.7 Å². The predicted molar refractivity (Wildman–Crippen MR) is 69.1 cm³/mol. The zero-order chi connectivity index (χ0) is 11.4. The minimum Gasteiger partial charge on any atom is -0.314 e. The average molecular weight is 239 g/mol. The summed E-state index contributed by atoms with van der Waals surface area (Å²) < 4.78 is 0. The number of hydrogen-bond acceptors (Lipinski definition) is 4. The minimum absolute atomic E-state index is 0.771. The van der Waals surface area contributed by atoms with E-state index in [2.05, 4.69) is 29.0 Å². The lowest BCUT2D eigenvalue weighted by molar-refractivity contribution is 0.147. The molecular formula is C12H21N3S. The average Bonchev–Trinajstić information content (AvgIpc) is 2.58. The van der Waals surface area contributed by atoms with Crippen LogP contribution >= 0.6 is 11.3 Å². The van der Waals surface area contributed by atoms with Gasteiger partial charge < -0.3 is 5.32 Å². The highest BCUT2D eigenvalue weighted by molar-refractivity contribution is 7.09. The number of thiazole rings is 1. The summed E-state index contributed by atoms with van der Waals surface area (Å²) in [4.78, 5) is 8.38. The lowest BCUT2D eigenvalue weighted by Gasteiger charge is -2.38. The largest absolute Gasteiger partial charge is 0.314 e. The molecule has 0 bridgehead atoms. The van der Waals surface area contributed by atoms with Crippen LogP contribution in [0.4, 0.5) is 0 Å². The van der Waals surface area contributed by atoms with Crippen LogP contribution in [0, 0.1) is 6.92 Å². The van der Waals surface area contributed by atoms with Gasteiger partial charge in [0.2, 0.25) is 0 Å². The maximum absolute atomic E-state index is 4.31. The van der Waals surface area contributed by atoms with E-state index in [-0.39, 0.29) is 0 Å². The summed E-state index contributed by atoms with van der Waals surface area (Å²) in [7, 11) is 0. The van der Waals surface area contributed by atoms with E-state index in [1.54, 1.807) is 11.3 Å². The van der Waals surface area contributed by atoms with E-state index >= 15 is 0 Å². The van der Waals surface area contributed by atoms with Crippen LogP contribution < -0.4 is 5.32 Å². The number of rotatable bonds is 6. The zero-order valence-corrected chi connectivity index (χ0v) is 11.0. The Balaban J connectivity index is 1.83. The van der Waals surface area contributed by atoms with Crippen LogP contribution in [0.3, 0.4) is 0 Å². The van der Waals surface area contributed by atoms with Crippen LogP contribution in [0.25, 0.3) is 0 Å². The standard InChI is InChI=1S/C12H21N3S/c1-3-5-15(11-7-13-8-11)6-4-12-10(2)14-9-16-12/h9,11,13H,3-8H2,1-2H3. The molecule has 1 aliphatic rings. The summed E-state index contributed by atoms with van der Waals surface area (Å²) >= 11 is 1.79. The molecule has 90 valence electrons. The third kappa shape index (κ3) is 2.81. The number of aromatic nitrogens is 1. The van der Waals surface area contributed by atoms with Crippen LogP contribution in [0.2, 0.25) is 0 Å². The van der Waals surface area contributed by atoms with Crippen molar-refractivity contribution >= 4 is 11.3 Å². The van der Waals surface area contributed by atoms with Gasteiger partial charge in [-0.2, -0.15) is 0 Å². The Bertz CT molecular complexity index is 320. The molecule has 1 aliphatic heterocycles. The Morgan fingerprint density at radius 3 is 2.81 bits per heavy atom. The number of hydrogen-bond donors (Lipinski definition) is 1. The fourth-order valence-corrected chi connectivity index (χ4v) is 2.88. The van der Waals surface area contributed by atoms with E-state index in [4.69, 9.17) is 0 Å². The summed E-state index contributed by atoms with van der Waals surface area (Å²) in [6, 6.07) is 0.771. The second-order valence-corrected chi connectivity index (χ2v) is 5.40. The molecule has 2 rings (SSSR count). The summed E-state index contributed by atoms with van der Waals surface area (Å²) in [5.74, 6) is 0. The van der Waals surface area contributed by atoms with E-state index in [0.29, 0.717) is 0 Å². The van der Waals surface area contributed by atoms with Crippen molar-refractivity contribution in [3.63, 3.8) is 0 Å². The van der Waals surface area contributed by atoms with E-state index in [9.17, 15) is 0 Å². The van der Waals surface area contributed by atoms with Gasteiger partial charge in [0.1, 0.15) is 0 Å². The molecule has 0 aliphatic carbocycles. The maximum Gasteiger partial charge on any atom is 0.0797 e. The van der Waals surface area contributed by atoms with Crippen molar-refractivity contribution in [2.24, 2.45) is 0 Å². The zero-order valence-electron chi connectivity index (χ0n) is 10.2. The van der Waals surface area contributed by atoms with Gasteiger partial charge in [-0.1, -0.05) is 6.92 Å². The molecule has 1 aromatic rings. The first-order valence-electron chi connectivity index (χ1n) is 6.15. The van der Waals surface area contributed by atoms with Gasteiger partial charge in [0.25, 0.3) is 0 Å². The van der Waals surface area contributed by atoms with Crippen molar-refractivity contribution in [3.8, 4) is 0 Å². The lowest BCUT2D eigenvalue weighted by Crippen LogP contribution is -2.57. The summed E-state index contributed by atoms with van der Waals surface area (Å²) in [6.45, 7) is 9.12. The summed E-state index contributed by atoms with van der Waals surface area (Å²) in [5, 5.41) is 3.35. The molecule has 16 heavy (non-hydrogen) atoms. The fraction of sp³-hybridized carbons (Fsp3) is 0.750. The van der Waals surface area contributed by atoms with Gasteiger partial charge >= 0.3 is 0 Å². The lowest BCUT2D eigenvalue weighted by atomic mass is 10.1. The normalized spacial score (nSPS) is 16.7. The topological polar surface area (TPSA) is 28.2 Å². The Kier molecular flexibility index (Phi) is 4.32. The Labute approximate surface area is 102 Å². The van der Waals surface area contributed by atoms with Gasteiger partial charge in [0.05, 0.1) is 11.2 Å².